The maximum atomic E-state index is 5.76. The fraction of sp³-hybridized carbons (Fsp3) is 0.250. The average Bonchev–Trinajstić information content (AvgIpc) is 2.14. The van der Waals surface area contributed by atoms with Gasteiger partial charge in [0.15, 0.2) is 0 Å². The van der Waals surface area contributed by atoms with E-state index in [2.05, 4.69) is 28.1 Å². The lowest BCUT2D eigenvalue weighted by Crippen LogP contribution is -1.78. The van der Waals surface area contributed by atoms with Gasteiger partial charge < -0.3 is 0 Å². The molecule has 2 heteroatoms. The first-order valence-corrected chi connectivity index (χ1v) is 4.60. The molecule has 0 fully saturated rings. The Morgan fingerprint density at radius 1 is 1.50 bits per heavy atom. The molecule has 0 bridgehead atoms. The van der Waals surface area contributed by atoms with Crippen LogP contribution in [0.1, 0.15) is 6.42 Å². The first kappa shape index (κ1) is 8.09. The zero-order valence-corrected chi connectivity index (χ0v) is 7.82. The molecule has 0 aromatic rings. The topological polar surface area (TPSA) is 0 Å². The summed E-state index contributed by atoms with van der Waals surface area (Å²) in [6, 6.07) is 0. The highest BCUT2D eigenvalue weighted by molar-refractivity contribution is 9.09. The molecule has 0 aliphatic heterocycles. The van der Waals surface area contributed by atoms with Gasteiger partial charge in [0.05, 0.1) is 0 Å². The van der Waals surface area contributed by atoms with Gasteiger partial charge in [-0.15, -0.1) is 0 Å². The van der Waals surface area contributed by atoms with Crippen LogP contribution in [-0.4, -0.2) is 5.33 Å². The van der Waals surface area contributed by atoms with Gasteiger partial charge in [-0.05, 0) is 18.6 Å². The average molecular weight is 220 g/mol. The molecular weight excluding hydrogens is 211 g/mol. The van der Waals surface area contributed by atoms with Gasteiger partial charge in [0.1, 0.15) is 0 Å². The van der Waals surface area contributed by atoms with E-state index in [4.69, 9.17) is 11.6 Å². The molecule has 0 heterocycles. The number of rotatable bonds is 1. The fourth-order valence-electron chi connectivity index (χ4n) is 0.743. The Balaban J connectivity index is 2.74. The van der Waals surface area contributed by atoms with Gasteiger partial charge in [-0.3, -0.25) is 0 Å². The number of allylic oxidation sites excluding steroid dienone is 6. The van der Waals surface area contributed by atoms with Crippen LogP contribution in [0.25, 0.3) is 0 Å². The maximum absolute atomic E-state index is 5.76. The van der Waals surface area contributed by atoms with Crippen LogP contribution in [0.3, 0.4) is 0 Å². The molecule has 0 nitrogen and oxygen atoms in total. The number of halogens is 2. The standard InChI is InChI=1S/C8H8BrCl/c9-6-7-2-1-3-8(10)5-4-7/h1,3-5H,2,6H2. The highest BCUT2D eigenvalue weighted by Crippen LogP contribution is 2.14. The molecule has 0 atom stereocenters. The Morgan fingerprint density at radius 3 is 3.00 bits per heavy atom. The second kappa shape index (κ2) is 3.99. The van der Waals surface area contributed by atoms with Crippen molar-refractivity contribution in [2.75, 3.05) is 5.33 Å². The second-order valence-corrected chi connectivity index (χ2v) is 3.11. The first-order valence-electron chi connectivity index (χ1n) is 3.10. The lowest BCUT2D eigenvalue weighted by atomic mass is 10.2. The fourth-order valence-corrected chi connectivity index (χ4v) is 1.31. The molecule has 0 amide bonds. The van der Waals surface area contributed by atoms with Crippen molar-refractivity contribution in [3.05, 3.63) is 34.9 Å². The van der Waals surface area contributed by atoms with E-state index in [-0.39, 0.29) is 0 Å². The Kier molecular flexibility index (Phi) is 3.23. The summed E-state index contributed by atoms with van der Waals surface area (Å²) in [5.41, 5.74) is 1.35. The van der Waals surface area contributed by atoms with E-state index in [1.165, 1.54) is 5.57 Å². The summed E-state index contributed by atoms with van der Waals surface area (Å²) < 4.78 is 0. The number of hydrogen-bond donors (Lipinski definition) is 0. The molecule has 54 valence electrons. The van der Waals surface area contributed by atoms with Crippen molar-refractivity contribution >= 4 is 27.5 Å². The second-order valence-electron chi connectivity index (χ2n) is 2.12. The van der Waals surface area contributed by atoms with Crippen molar-refractivity contribution in [3.63, 3.8) is 0 Å². The SMILES string of the molecule is ClC1=CC=C(CBr)CC=C1. The molecule has 0 unspecified atom stereocenters. The third kappa shape index (κ3) is 2.31. The summed E-state index contributed by atoms with van der Waals surface area (Å²) in [5.74, 6) is 0. The molecule has 1 aliphatic carbocycles. The summed E-state index contributed by atoms with van der Waals surface area (Å²) in [5, 5.41) is 1.73. The van der Waals surface area contributed by atoms with E-state index in [9.17, 15) is 0 Å². The van der Waals surface area contributed by atoms with Gasteiger partial charge in [0, 0.05) is 10.4 Å². The molecule has 0 N–H and O–H groups in total. The molecule has 10 heavy (non-hydrogen) atoms. The van der Waals surface area contributed by atoms with Crippen molar-refractivity contribution < 1.29 is 0 Å². The number of alkyl halides is 1. The van der Waals surface area contributed by atoms with E-state index >= 15 is 0 Å². The molecule has 0 aromatic carbocycles. The Bertz CT molecular complexity index is 201. The van der Waals surface area contributed by atoms with Crippen LogP contribution in [0.4, 0.5) is 0 Å². The summed E-state index contributed by atoms with van der Waals surface area (Å²) in [7, 11) is 0. The number of hydrogen-bond acceptors (Lipinski definition) is 0. The van der Waals surface area contributed by atoms with Crippen LogP contribution < -0.4 is 0 Å². The van der Waals surface area contributed by atoms with Crippen molar-refractivity contribution in [1.82, 2.24) is 0 Å². The highest BCUT2D eigenvalue weighted by atomic mass is 79.9. The van der Waals surface area contributed by atoms with E-state index < -0.39 is 0 Å². The highest BCUT2D eigenvalue weighted by Gasteiger charge is 1.94. The Morgan fingerprint density at radius 2 is 2.30 bits per heavy atom. The first-order chi connectivity index (χ1) is 4.83. The third-order valence-corrected chi connectivity index (χ3v) is 2.28. The lowest BCUT2D eigenvalue weighted by molar-refractivity contribution is 1.24. The minimum absolute atomic E-state index is 0.802. The van der Waals surface area contributed by atoms with E-state index in [0.717, 1.165) is 16.8 Å². The predicted octanol–water partition coefficient (Wildman–Crippen LogP) is 3.39. The van der Waals surface area contributed by atoms with Crippen LogP contribution in [0.15, 0.2) is 34.9 Å². The summed E-state index contributed by atoms with van der Waals surface area (Å²) >= 11 is 9.15. The van der Waals surface area contributed by atoms with E-state index in [1.807, 2.05) is 12.2 Å². The molecular formula is C8H8BrCl. The van der Waals surface area contributed by atoms with Gasteiger partial charge in [0.25, 0.3) is 0 Å². The monoisotopic (exact) mass is 218 g/mol. The molecule has 0 radical (unpaired) electrons. The quantitative estimate of drug-likeness (QED) is 0.593. The van der Waals surface area contributed by atoms with Crippen molar-refractivity contribution in [1.29, 1.82) is 0 Å². The van der Waals surface area contributed by atoms with Crippen LogP contribution in [-0.2, 0) is 0 Å². The molecule has 0 aromatic heterocycles. The predicted molar refractivity (Wildman–Crippen MR) is 49.6 cm³/mol. The summed E-state index contributed by atoms with van der Waals surface area (Å²) in [6.07, 6.45) is 8.96. The van der Waals surface area contributed by atoms with E-state index in [0.29, 0.717) is 0 Å². The zero-order chi connectivity index (χ0) is 7.40. The van der Waals surface area contributed by atoms with Gasteiger partial charge in [0.2, 0.25) is 0 Å². The summed E-state index contributed by atoms with van der Waals surface area (Å²) in [4.78, 5) is 0. The van der Waals surface area contributed by atoms with Crippen molar-refractivity contribution in [2.24, 2.45) is 0 Å². The smallest absolute Gasteiger partial charge is 0.0402 e. The third-order valence-electron chi connectivity index (χ3n) is 1.31. The molecule has 0 saturated carbocycles. The van der Waals surface area contributed by atoms with Gasteiger partial charge >= 0.3 is 0 Å². The Labute approximate surface area is 74.4 Å². The van der Waals surface area contributed by atoms with Crippen LogP contribution in [0, 0.1) is 0 Å². The maximum Gasteiger partial charge on any atom is 0.0402 e. The molecule has 1 aliphatic rings. The minimum atomic E-state index is 0.802. The van der Waals surface area contributed by atoms with Crippen LogP contribution in [0.2, 0.25) is 0 Å². The van der Waals surface area contributed by atoms with Gasteiger partial charge in [-0.25, -0.2) is 0 Å². The Hall–Kier alpha value is -0.0100. The molecule has 0 saturated heterocycles. The van der Waals surface area contributed by atoms with Gasteiger partial charge in [-0.1, -0.05) is 45.3 Å². The largest absolute Gasteiger partial charge is 0.0880 e. The van der Waals surface area contributed by atoms with Crippen molar-refractivity contribution in [2.45, 2.75) is 6.42 Å². The van der Waals surface area contributed by atoms with E-state index in [1.54, 1.807) is 0 Å². The summed E-state index contributed by atoms with van der Waals surface area (Å²) in [6.45, 7) is 0. The molecule has 1 rings (SSSR count). The molecule has 0 spiro atoms. The lowest BCUT2D eigenvalue weighted by Gasteiger charge is -1.92. The van der Waals surface area contributed by atoms with Crippen molar-refractivity contribution in [3.8, 4) is 0 Å². The van der Waals surface area contributed by atoms with Crippen LogP contribution in [0.5, 0.6) is 0 Å². The van der Waals surface area contributed by atoms with Gasteiger partial charge in [-0.2, -0.15) is 0 Å². The van der Waals surface area contributed by atoms with Crippen LogP contribution >= 0.6 is 27.5 Å². The zero-order valence-electron chi connectivity index (χ0n) is 5.48. The minimum Gasteiger partial charge on any atom is -0.0880 e. The normalized spacial score (nSPS) is 17.8.